The minimum atomic E-state index is 0.555. The maximum atomic E-state index is 6.16. The second-order valence-electron chi connectivity index (χ2n) is 5.08. The molecule has 25 heavy (non-hydrogen) atoms. The Morgan fingerprint density at radius 1 is 0.960 bits per heavy atom. The van der Waals surface area contributed by atoms with Crippen molar-refractivity contribution in [1.82, 2.24) is 15.2 Å². The highest BCUT2D eigenvalue weighted by Crippen LogP contribution is 2.32. The Hall–Kier alpha value is -1.54. The van der Waals surface area contributed by atoms with Crippen LogP contribution in [0.5, 0.6) is 0 Å². The molecule has 4 nitrogen and oxygen atoms in total. The fourth-order valence-corrected chi connectivity index (χ4v) is 5.12. The van der Waals surface area contributed by atoms with E-state index in [0.29, 0.717) is 22.6 Å². The third-order valence-corrected chi connectivity index (χ3v) is 6.75. The van der Waals surface area contributed by atoms with Crippen molar-refractivity contribution in [2.45, 2.75) is 21.1 Å². The van der Waals surface area contributed by atoms with Crippen LogP contribution >= 0.6 is 46.5 Å². The highest BCUT2D eigenvalue weighted by molar-refractivity contribution is 8.00. The van der Waals surface area contributed by atoms with Crippen molar-refractivity contribution in [3.8, 4) is 0 Å². The molecule has 2 aromatic heterocycles. The first-order chi connectivity index (χ1) is 12.3. The smallest absolute Gasteiger partial charge is 0.276 e. The second kappa shape index (κ2) is 7.78. The fraction of sp³-hybridized carbons (Fsp3) is 0.118. The molecule has 0 aliphatic heterocycles. The van der Waals surface area contributed by atoms with Crippen LogP contribution in [0.4, 0.5) is 0 Å². The minimum Gasteiger partial charge on any atom is -0.415 e. The van der Waals surface area contributed by atoms with Gasteiger partial charge in [0.25, 0.3) is 5.22 Å². The van der Waals surface area contributed by atoms with Gasteiger partial charge >= 0.3 is 0 Å². The van der Waals surface area contributed by atoms with Gasteiger partial charge in [0, 0.05) is 10.8 Å². The highest BCUT2D eigenvalue weighted by atomic mass is 35.5. The number of nitrogens with zero attached hydrogens (tertiary/aromatic N) is 3. The van der Waals surface area contributed by atoms with Crippen LogP contribution in [0.1, 0.15) is 11.5 Å². The molecule has 0 saturated heterocycles. The van der Waals surface area contributed by atoms with Gasteiger partial charge in [0.1, 0.15) is 0 Å². The summed E-state index contributed by atoms with van der Waals surface area (Å²) < 4.78 is 7.89. The number of hydrogen-bond donors (Lipinski definition) is 0. The number of hydrogen-bond acceptors (Lipinski definition) is 7. The predicted molar refractivity (Wildman–Crippen MR) is 104 cm³/mol. The summed E-state index contributed by atoms with van der Waals surface area (Å²) in [5.41, 5.74) is 2.08. The molecular weight excluding hydrogens is 394 g/mol. The molecule has 2 aromatic carbocycles. The standard InChI is InChI=1S/C17H12ClN3OS3/c18-12-6-2-1-5-11(12)9-23-16-21-20-15(22-16)10-24-17-19-13-7-3-4-8-14(13)25-17/h1-8H,9-10H2. The van der Waals surface area contributed by atoms with E-state index in [1.165, 1.54) is 16.5 Å². The molecule has 0 aliphatic rings. The van der Waals surface area contributed by atoms with E-state index in [1.54, 1.807) is 23.1 Å². The molecule has 0 fully saturated rings. The van der Waals surface area contributed by atoms with Crippen LogP contribution in [-0.2, 0) is 11.5 Å². The van der Waals surface area contributed by atoms with E-state index in [2.05, 4.69) is 21.2 Å². The van der Waals surface area contributed by atoms with Gasteiger partial charge in [0.2, 0.25) is 5.89 Å². The van der Waals surface area contributed by atoms with Crippen molar-refractivity contribution in [1.29, 1.82) is 0 Å². The maximum absolute atomic E-state index is 6.16. The lowest BCUT2D eigenvalue weighted by Crippen LogP contribution is -1.81. The van der Waals surface area contributed by atoms with Gasteiger partial charge in [-0.25, -0.2) is 4.98 Å². The molecule has 8 heteroatoms. The average molecular weight is 406 g/mol. The molecule has 0 aliphatic carbocycles. The lowest BCUT2D eigenvalue weighted by molar-refractivity contribution is 0.426. The molecule has 0 radical (unpaired) electrons. The molecule has 0 amide bonds. The zero-order valence-corrected chi connectivity index (χ0v) is 16.1. The molecular formula is C17H12ClN3OS3. The van der Waals surface area contributed by atoms with Crippen molar-refractivity contribution in [3.05, 3.63) is 65.0 Å². The second-order valence-corrected chi connectivity index (χ2v) is 8.66. The molecule has 2 heterocycles. The SMILES string of the molecule is Clc1ccccc1CSc1nnc(CSc2nc3ccccc3s2)o1. The molecule has 0 spiro atoms. The summed E-state index contributed by atoms with van der Waals surface area (Å²) in [7, 11) is 0. The van der Waals surface area contributed by atoms with Crippen molar-refractivity contribution in [2.24, 2.45) is 0 Å². The minimum absolute atomic E-state index is 0.555. The zero-order valence-electron chi connectivity index (χ0n) is 12.9. The lowest BCUT2D eigenvalue weighted by atomic mass is 10.2. The topological polar surface area (TPSA) is 51.8 Å². The average Bonchev–Trinajstić information content (AvgIpc) is 3.25. The Balaban J connectivity index is 1.35. The highest BCUT2D eigenvalue weighted by Gasteiger charge is 2.10. The number of rotatable bonds is 6. The lowest BCUT2D eigenvalue weighted by Gasteiger charge is -2.00. The quantitative estimate of drug-likeness (QED) is 0.371. The first-order valence-corrected chi connectivity index (χ1v) is 10.6. The van der Waals surface area contributed by atoms with Crippen LogP contribution in [0.15, 0.2) is 62.5 Å². The van der Waals surface area contributed by atoms with Crippen molar-refractivity contribution < 1.29 is 4.42 Å². The van der Waals surface area contributed by atoms with E-state index < -0.39 is 0 Å². The van der Waals surface area contributed by atoms with Crippen LogP contribution in [0.25, 0.3) is 10.2 Å². The Labute approximate surface area is 162 Å². The van der Waals surface area contributed by atoms with Crippen LogP contribution in [-0.4, -0.2) is 15.2 Å². The number of thiazole rings is 1. The summed E-state index contributed by atoms with van der Waals surface area (Å²) >= 11 is 10.9. The number of fused-ring (bicyclic) bond motifs is 1. The molecule has 4 rings (SSSR count). The Morgan fingerprint density at radius 2 is 1.80 bits per heavy atom. The van der Waals surface area contributed by atoms with Gasteiger partial charge in [-0.15, -0.1) is 21.5 Å². The summed E-state index contributed by atoms with van der Waals surface area (Å²) in [5.74, 6) is 1.91. The largest absolute Gasteiger partial charge is 0.415 e. The van der Waals surface area contributed by atoms with E-state index in [0.717, 1.165) is 20.4 Å². The van der Waals surface area contributed by atoms with Gasteiger partial charge in [-0.3, -0.25) is 0 Å². The van der Waals surface area contributed by atoms with Gasteiger partial charge in [0.15, 0.2) is 4.34 Å². The summed E-state index contributed by atoms with van der Waals surface area (Å²) in [6.07, 6.45) is 0. The Morgan fingerprint density at radius 3 is 2.68 bits per heavy atom. The van der Waals surface area contributed by atoms with Gasteiger partial charge in [0.05, 0.1) is 16.0 Å². The van der Waals surface area contributed by atoms with Crippen LogP contribution in [0, 0.1) is 0 Å². The maximum Gasteiger partial charge on any atom is 0.276 e. The van der Waals surface area contributed by atoms with Gasteiger partial charge in [-0.1, -0.05) is 65.5 Å². The van der Waals surface area contributed by atoms with Crippen LogP contribution in [0.2, 0.25) is 5.02 Å². The molecule has 0 unspecified atom stereocenters. The number of halogens is 1. The van der Waals surface area contributed by atoms with E-state index in [1.807, 2.05) is 42.5 Å². The number of aromatic nitrogens is 3. The van der Waals surface area contributed by atoms with Crippen molar-refractivity contribution in [3.63, 3.8) is 0 Å². The monoisotopic (exact) mass is 405 g/mol. The number of benzene rings is 2. The summed E-state index contributed by atoms with van der Waals surface area (Å²) in [6.45, 7) is 0. The Kier molecular flexibility index (Phi) is 5.26. The molecule has 0 saturated carbocycles. The normalized spacial score (nSPS) is 11.2. The van der Waals surface area contributed by atoms with E-state index in [-0.39, 0.29) is 0 Å². The van der Waals surface area contributed by atoms with E-state index in [9.17, 15) is 0 Å². The third kappa shape index (κ3) is 4.17. The summed E-state index contributed by atoms with van der Waals surface area (Å²) in [5, 5.41) is 9.50. The van der Waals surface area contributed by atoms with Gasteiger partial charge in [-0.2, -0.15) is 0 Å². The molecule has 4 aromatic rings. The summed E-state index contributed by atoms with van der Waals surface area (Å²) in [6, 6.07) is 15.9. The van der Waals surface area contributed by atoms with Crippen LogP contribution < -0.4 is 0 Å². The van der Waals surface area contributed by atoms with E-state index >= 15 is 0 Å². The molecule has 0 bridgehead atoms. The van der Waals surface area contributed by atoms with Gasteiger partial charge < -0.3 is 4.42 Å². The fourth-order valence-electron chi connectivity index (χ4n) is 2.15. The molecule has 0 N–H and O–H groups in total. The van der Waals surface area contributed by atoms with Crippen LogP contribution in [0.3, 0.4) is 0 Å². The van der Waals surface area contributed by atoms with Crippen molar-refractivity contribution >= 4 is 56.7 Å². The first-order valence-electron chi connectivity index (χ1n) is 7.45. The predicted octanol–water partition coefficient (Wildman–Crippen LogP) is 5.92. The molecule has 0 atom stereocenters. The van der Waals surface area contributed by atoms with E-state index in [4.69, 9.17) is 16.0 Å². The summed E-state index contributed by atoms with van der Waals surface area (Å²) in [4.78, 5) is 4.59. The van der Waals surface area contributed by atoms with Crippen molar-refractivity contribution in [2.75, 3.05) is 0 Å². The Bertz CT molecular complexity index is 968. The third-order valence-electron chi connectivity index (χ3n) is 3.35. The van der Waals surface area contributed by atoms with Gasteiger partial charge in [-0.05, 0) is 23.8 Å². The number of thioether (sulfide) groups is 2. The molecule has 126 valence electrons. The first kappa shape index (κ1) is 16.9. The number of para-hydroxylation sites is 1. The zero-order chi connectivity index (χ0) is 17.1.